The molecule has 8 nitrogen and oxygen atoms in total. The van der Waals surface area contributed by atoms with Crippen molar-refractivity contribution in [3.05, 3.63) is 70.4 Å². The SMILES string of the molecule is Cc1cnc(NC2(CO)CC2)nc1-n1ccc(C(=O)NC(CO)c2ccc(F)c(Cl)c2)c1. The van der Waals surface area contributed by atoms with Gasteiger partial charge in [0.2, 0.25) is 5.95 Å². The van der Waals surface area contributed by atoms with E-state index in [4.69, 9.17) is 11.6 Å². The van der Waals surface area contributed by atoms with Crippen molar-refractivity contribution in [2.24, 2.45) is 0 Å². The number of rotatable bonds is 8. The molecule has 2 aromatic heterocycles. The van der Waals surface area contributed by atoms with Gasteiger partial charge in [0.15, 0.2) is 0 Å². The van der Waals surface area contributed by atoms with Crippen LogP contribution in [-0.2, 0) is 0 Å². The summed E-state index contributed by atoms with van der Waals surface area (Å²) in [4.78, 5) is 21.6. The third-order valence-electron chi connectivity index (χ3n) is 5.51. The highest BCUT2D eigenvalue weighted by Gasteiger charge is 2.42. The van der Waals surface area contributed by atoms with Crippen LogP contribution >= 0.6 is 11.6 Å². The summed E-state index contributed by atoms with van der Waals surface area (Å²) in [5, 5.41) is 25.0. The summed E-state index contributed by atoms with van der Waals surface area (Å²) in [7, 11) is 0. The van der Waals surface area contributed by atoms with Crippen LogP contribution in [0.3, 0.4) is 0 Å². The number of carbonyl (C=O) groups excluding carboxylic acids is 1. The summed E-state index contributed by atoms with van der Waals surface area (Å²) in [6.45, 7) is 1.50. The van der Waals surface area contributed by atoms with Gasteiger partial charge in [0.1, 0.15) is 11.6 Å². The highest BCUT2D eigenvalue weighted by Crippen LogP contribution is 2.37. The van der Waals surface area contributed by atoms with E-state index in [9.17, 15) is 19.4 Å². The molecular weight excluding hydrogens is 437 g/mol. The number of benzene rings is 1. The first-order chi connectivity index (χ1) is 15.3. The smallest absolute Gasteiger partial charge is 0.253 e. The molecule has 1 aliphatic carbocycles. The Bertz CT molecular complexity index is 1150. The van der Waals surface area contributed by atoms with Crippen LogP contribution in [0.15, 0.2) is 42.9 Å². The monoisotopic (exact) mass is 459 g/mol. The second-order valence-electron chi connectivity index (χ2n) is 7.95. The van der Waals surface area contributed by atoms with E-state index in [0.717, 1.165) is 18.4 Å². The predicted octanol–water partition coefficient (Wildman–Crippen LogP) is 2.77. The minimum Gasteiger partial charge on any atom is -0.394 e. The van der Waals surface area contributed by atoms with Crippen LogP contribution in [0.25, 0.3) is 5.82 Å². The summed E-state index contributed by atoms with van der Waals surface area (Å²) in [6.07, 6.45) is 6.72. The summed E-state index contributed by atoms with van der Waals surface area (Å²) in [5.74, 6) is 0.0198. The molecule has 0 radical (unpaired) electrons. The number of anilines is 1. The van der Waals surface area contributed by atoms with Crippen LogP contribution < -0.4 is 10.6 Å². The van der Waals surface area contributed by atoms with E-state index in [0.29, 0.717) is 22.9 Å². The molecule has 1 fully saturated rings. The Morgan fingerprint density at radius 2 is 2.12 bits per heavy atom. The normalized spacial score (nSPS) is 15.3. The number of hydrogen-bond acceptors (Lipinski definition) is 6. The van der Waals surface area contributed by atoms with Crippen LogP contribution in [0.4, 0.5) is 10.3 Å². The number of hydrogen-bond donors (Lipinski definition) is 4. The average Bonchev–Trinajstić information content (AvgIpc) is 3.38. The number of nitrogens with zero attached hydrogens (tertiary/aromatic N) is 3. The first-order valence-electron chi connectivity index (χ1n) is 10.1. The summed E-state index contributed by atoms with van der Waals surface area (Å²) in [6, 6.07) is 4.92. The van der Waals surface area contributed by atoms with Crippen LogP contribution in [0, 0.1) is 12.7 Å². The summed E-state index contributed by atoms with van der Waals surface area (Å²) >= 11 is 5.82. The van der Waals surface area contributed by atoms with Gasteiger partial charge in [-0.05, 0) is 43.5 Å². The van der Waals surface area contributed by atoms with E-state index in [2.05, 4.69) is 20.6 Å². The number of nitrogens with one attached hydrogen (secondary N) is 2. The highest BCUT2D eigenvalue weighted by molar-refractivity contribution is 6.30. The molecule has 4 rings (SSSR count). The van der Waals surface area contributed by atoms with E-state index in [1.54, 1.807) is 29.2 Å². The Balaban J connectivity index is 1.51. The standard InChI is InChI=1S/C22H23ClFN5O3/c1-13-9-25-21(28-22(12-31)5-6-22)27-19(13)29-7-4-15(10-29)20(32)26-18(11-30)14-2-3-17(24)16(23)8-14/h2-4,7-10,18,30-31H,5-6,11-12H2,1H3,(H,26,32)(H,25,27,28). The third-order valence-corrected chi connectivity index (χ3v) is 5.80. The second-order valence-corrected chi connectivity index (χ2v) is 8.36. The Hall–Kier alpha value is -3.01. The molecular formula is C22H23ClFN5O3. The van der Waals surface area contributed by atoms with Crippen molar-refractivity contribution in [3.8, 4) is 5.82 Å². The van der Waals surface area contributed by atoms with Gasteiger partial charge in [-0.1, -0.05) is 17.7 Å². The molecule has 1 atom stereocenters. The van der Waals surface area contributed by atoms with Crippen LogP contribution in [-0.4, -0.2) is 49.4 Å². The van der Waals surface area contributed by atoms with E-state index < -0.39 is 17.8 Å². The lowest BCUT2D eigenvalue weighted by molar-refractivity contribution is 0.0916. The second kappa shape index (κ2) is 8.85. The van der Waals surface area contributed by atoms with Crippen LogP contribution in [0.5, 0.6) is 0 Å². The van der Waals surface area contributed by atoms with E-state index in [-0.39, 0.29) is 23.8 Å². The number of amides is 1. The van der Waals surface area contributed by atoms with Crippen molar-refractivity contribution in [1.82, 2.24) is 19.9 Å². The quantitative estimate of drug-likeness (QED) is 0.412. The molecule has 168 valence electrons. The molecule has 0 spiro atoms. The largest absolute Gasteiger partial charge is 0.394 e. The van der Waals surface area contributed by atoms with Gasteiger partial charge in [0, 0.05) is 24.2 Å². The zero-order valence-corrected chi connectivity index (χ0v) is 18.1. The molecule has 3 aromatic rings. The number of aliphatic hydroxyl groups is 2. The lowest BCUT2D eigenvalue weighted by Crippen LogP contribution is -2.30. The molecule has 32 heavy (non-hydrogen) atoms. The first-order valence-corrected chi connectivity index (χ1v) is 10.5. The minimum atomic E-state index is -0.742. The zero-order valence-electron chi connectivity index (χ0n) is 17.3. The Morgan fingerprint density at radius 3 is 2.78 bits per heavy atom. The molecule has 1 unspecified atom stereocenters. The van der Waals surface area contributed by atoms with Crippen molar-refractivity contribution < 1.29 is 19.4 Å². The van der Waals surface area contributed by atoms with Crippen molar-refractivity contribution >= 4 is 23.5 Å². The van der Waals surface area contributed by atoms with Crippen molar-refractivity contribution in [2.45, 2.75) is 31.3 Å². The lowest BCUT2D eigenvalue weighted by atomic mass is 10.1. The Kier molecular flexibility index (Phi) is 6.14. The van der Waals surface area contributed by atoms with Gasteiger partial charge < -0.3 is 25.4 Å². The molecule has 1 aromatic carbocycles. The number of aromatic nitrogens is 3. The topological polar surface area (TPSA) is 112 Å². The minimum absolute atomic E-state index is 0.0126. The van der Waals surface area contributed by atoms with Gasteiger partial charge in [-0.3, -0.25) is 4.79 Å². The molecule has 1 amide bonds. The molecule has 0 aliphatic heterocycles. The van der Waals surface area contributed by atoms with E-state index >= 15 is 0 Å². The fraction of sp³-hybridized carbons (Fsp3) is 0.318. The Labute approximate surface area is 189 Å². The molecule has 2 heterocycles. The van der Waals surface area contributed by atoms with E-state index in [1.807, 2.05) is 6.92 Å². The molecule has 0 bridgehead atoms. The zero-order chi connectivity index (χ0) is 22.9. The average molecular weight is 460 g/mol. The first kappa shape index (κ1) is 22.2. The number of aryl methyl sites for hydroxylation is 1. The molecule has 4 N–H and O–H groups in total. The third kappa shape index (κ3) is 4.59. The maximum Gasteiger partial charge on any atom is 0.253 e. The van der Waals surface area contributed by atoms with Crippen molar-refractivity contribution in [3.63, 3.8) is 0 Å². The van der Waals surface area contributed by atoms with Crippen molar-refractivity contribution in [2.75, 3.05) is 18.5 Å². The molecule has 1 aliphatic rings. The molecule has 1 saturated carbocycles. The fourth-order valence-corrected chi connectivity index (χ4v) is 3.52. The van der Waals surface area contributed by atoms with Gasteiger partial charge in [-0.15, -0.1) is 0 Å². The van der Waals surface area contributed by atoms with Gasteiger partial charge in [-0.2, -0.15) is 4.98 Å². The van der Waals surface area contributed by atoms with Gasteiger partial charge in [-0.25, -0.2) is 9.37 Å². The van der Waals surface area contributed by atoms with Crippen LogP contribution in [0.2, 0.25) is 5.02 Å². The number of halogens is 2. The van der Waals surface area contributed by atoms with Crippen molar-refractivity contribution in [1.29, 1.82) is 0 Å². The highest BCUT2D eigenvalue weighted by atomic mass is 35.5. The predicted molar refractivity (Wildman–Crippen MR) is 117 cm³/mol. The summed E-state index contributed by atoms with van der Waals surface area (Å²) < 4.78 is 15.1. The maximum absolute atomic E-state index is 13.4. The Morgan fingerprint density at radius 1 is 1.34 bits per heavy atom. The number of carbonyl (C=O) groups is 1. The summed E-state index contributed by atoms with van der Waals surface area (Å²) in [5.41, 5.74) is 1.31. The van der Waals surface area contributed by atoms with Gasteiger partial charge >= 0.3 is 0 Å². The van der Waals surface area contributed by atoms with Gasteiger partial charge in [0.05, 0.1) is 35.4 Å². The van der Waals surface area contributed by atoms with Crippen LogP contribution in [0.1, 0.15) is 40.4 Å². The number of aliphatic hydroxyl groups excluding tert-OH is 2. The fourth-order valence-electron chi connectivity index (χ4n) is 3.33. The van der Waals surface area contributed by atoms with Gasteiger partial charge in [0.25, 0.3) is 5.91 Å². The lowest BCUT2D eigenvalue weighted by Gasteiger charge is -2.17. The molecule has 0 saturated heterocycles. The maximum atomic E-state index is 13.4. The van der Waals surface area contributed by atoms with E-state index in [1.165, 1.54) is 18.2 Å². The molecule has 10 heteroatoms.